The van der Waals surface area contributed by atoms with Crippen molar-refractivity contribution in [1.29, 1.82) is 0 Å². The van der Waals surface area contributed by atoms with Gasteiger partial charge >= 0.3 is 0 Å². The van der Waals surface area contributed by atoms with Crippen LogP contribution in [0.4, 0.5) is 11.4 Å². The average Bonchev–Trinajstić information content (AvgIpc) is 2.68. The highest BCUT2D eigenvalue weighted by Crippen LogP contribution is 2.44. The quantitative estimate of drug-likeness (QED) is 0.825. The largest absolute Gasteiger partial charge is 0.493 e. The number of rotatable bonds is 4. The molecule has 0 unspecified atom stereocenters. The van der Waals surface area contributed by atoms with Gasteiger partial charge in [-0.25, -0.2) is 8.42 Å². The number of amides is 1. The number of nitrogens with zero attached hydrogens (tertiary/aromatic N) is 1. The van der Waals surface area contributed by atoms with E-state index in [0.29, 0.717) is 34.0 Å². The molecule has 0 radical (unpaired) electrons. The van der Waals surface area contributed by atoms with Crippen LogP contribution in [-0.2, 0) is 14.8 Å². The molecule has 154 valence electrons. The average molecular weight is 416 g/mol. The van der Waals surface area contributed by atoms with Crippen LogP contribution in [0, 0.1) is 13.8 Å². The second-order valence-corrected chi connectivity index (χ2v) is 8.78. The Kier molecular flexibility index (Phi) is 5.32. The van der Waals surface area contributed by atoms with Gasteiger partial charge in [0.05, 0.1) is 19.9 Å². The molecule has 1 N–H and O–H groups in total. The summed E-state index contributed by atoms with van der Waals surface area (Å²) in [6.07, 6.45) is 0. The minimum atomic E-state index is -4.05. The maximum atomic E-state index is 13.2. The van der Waals surface area contributed by atoms with E-state index < -0.39 is 15.9 Å². The van der Waals surface area contributed by atoms with Gasteiger partial charge in [0.15, 0.2) is 16.4 Å². The fourth-order valence-corrected chi connectivity index (χ4v) is 4.95. The minimum absolute atomic E-state index is 0.289. The molecule has 3 rings (SSSR count). The summed E-state index contributed by atoms with van der Waals surface area (Å²) in [6.45, 7) is 5.34. The van der Waals surface area contributed by atoms with E-state index in [9.17, 15) is 13.2 Å². The molecule has 29 heavy (non-hydrogen) atoms. The Morgan fingerprint density at radius 1 is 1.00 bits per heavy atom. The molecule has 0 saturated carbocycles. The molecule has 1 aliphatic rings. The molecule has 0 aromatic heterocycles. The highest BCUT2D eigenvalue weighted by molar-refractivity contribution is 7.97. The van der Waals surface area contributed by atoms with Crippen LogP contribution < -0.4 is 19.1 Å². The van der Waals surface area contributed by atoms with E-state index in [2.05, 4.69) is 5.32 Å². The summed E-state index contributed by atoms with van der Waals surface area (Å²) in [5, 5.41) is 2.78. The Balaban J connectivity index is 2.18. The van der Waals surface area contributed by atoms with E-state index in [0.717, 1.165) is 15.4 Å². The van der Waals surface area contributed by atoms with E-state index in [1.807, 2.05) is 32.0 Å². The normalized spacial score (nSPS) is 15.0. The van der Waals surface area contributed by atoms with Crippen molar-refractivity contribution in [1.82, 2.24) is 0 Å². The Labute approximate surface area is 171 Å². The molecule has 1 heterocycles. The molecule has 0 atom stereocenters. The molecule has 1 aliphatic heterocycles. The number of para-hydroxylation sites is 1. The van der Waals surface area contributed by atoms with Gasteiger partial charge in [-0.3, -0.25) is 9.10 Å². The van der Waals surface area contributed by atoms with Crippen LogP contribution in [0.1, 0.15) is 23.6 Å². The maximum absolute atomic E-state index is 13.2. The van der Waals surface area contributed by atoms with Gasteiger partial charge in [0.25, 0.3) is 15.9 Å². The number of methoxy groups -OCH3 is 2. The Bertz CT molecular complexity index is 1120. The predicted molar refractivity (Wildman–Crippen MR) is 114 cm³/mol. The third-order valence-corrected chi connectivity index (χ3v) is 7.06. The summed E-state index contributed by atoms with van der Waals surface area (Å²) >= 11 is 0. The second-order valence-electron chi connectivity index (χ2n) is 6.87. The zero-order valence-electron chi connectivity index (χ0n) is 17.3. The fraction of sp³-hybridized carbons (Fsp3) is 0.286. The zero-order chi connectivity index (χ0) is 21.5. The number of hydrogen-bond acceptors (Lipinski definition) is 5. The van der Waals surface area contributed by atoms with Crippen molar-refractivity contribution in [2.24, 2.45) is 0 Å². The SMILES string of the molecule is COc1cc2c(cc1OC)N(C)S(=O)(=O)C(C(=O)Nc1c(C)cccc1C)=C2C. The summed E-state index contributed by atoms with van der Waals surface area (Å²) in [5.74, 6) is 0.185. The first-order valence-electron chi connectivity index (χ1n) is 8.97. The van der Waals surface area contributed by atoms with Crippen LogP contribution >= 0.6 is 0 Å². The molecule has 1 amide bonds. The third kappa shape index (κ3) is 3.33. The number of carbonyl (C=O) groups is 1. The standard InChI is InChI=1S/C21H24N2O5S/c1-12-8-7-9-13(2)19(12)22-21(24)20-14(3)15-10-17(27-5)18(28-6)11-16(15)23(4)29(20,25)26/h7-11H,1-6H3,(H,22,24). The van der Waals surface area contributed by atoms with Crippen LogP contribution in [0.3, 0.4) is 0 Å². The lowest BCUT2D eigenvalue weighted by Crippen LogP contribution is -2.36. The number of benzene rings is 2. The Morgan fingerprint density at radius 2 is 1.55 bits per heavy atom. The molecule has 0 bridgehead atoms. The third-order valence-electron chi connectivity index (χ3n) is 5.13. The lowest BCUT2D eigenvalue weighted by Gasteiger charge is -2.30. The van der Waals surface area contributed by atoms with Crippen molar-refractivity contribution in [2.75, 3.05) is 30.9 Å². The highest BCUT2D eigenvalue weighted by atomic mass is 32.2. The molecular formula is C21H24N2O5S. The van der Waals surface area contributed by atoms with Crippen molar-refractivity contribution in [2.45, 2.75) is 20.8 Å². The van der Waals surface area contributed by atoms with Gasteiger partial charge in [0.2, 0.25) is 0 Å². The first-order chi connectivity index (χ1) is 13.6. The minimum Gasteiger partial charge on any atom is -0.493 e. The Morgan fingerprint density at radius 3 is 2.10 bits per heavy atom. The zero-order valence-corrected chi connectivity index (χ0v) is 18.1. The fourth-order valence-electron chi connectivity index (χ4n) is 3.48. The highest BCUT2D eigenvalue weighted by Gasteiger charge is 2.38. The predicted octanol–water partition coefficient (Wildman–Crippen LogP) is 3.47. The molecule has 2 aromatic carbocycles. The molecule has 0 saturated heterocycles. The van der Waals surface area contributed by atoms with Crippen LogP contribution in [0.2, 0.25) is 0 Å². The van der Waals surface area contributed by atoms with E-state index in [-0.39, 0.29) is 4.91 Å². The molecule has 0 aliphatic carbocycles. The van der Waals surface area contributed by atoms with Gasteiger partial charge in [0.1, 0.15) is 0 Å². The van der Waals surface area contributed by atoms with E-state index in [1.54, 1.807) is 19.1 Å². The number of aryl methyl sites for hydroxylation is 2. The Hall–Kier alpha value is -3.00. The number of allylic oxidation sites excluding steroid dienone is 1. The van der Waals surface area contributed by atoms with Crippen LogP contribution in [0.25, 0.3) is 5.57 Å². The van der Waals surface area contributed by atoms with E-state index in [1.165, 1.54) is 21.3 Å². The topological polar surface area (TPSA) is 84.9 Å². The van der Waals surface area contributed by atoms with Gasteiger partial charge in [-0.1, -0.05) is 18.2 Å². The summed E-state index contributed by atoms with van der Waals surface area (Å²) in [7, 11) is 0.347. The van der Waals surface area contributed by atoms with Crippen molar-refractivity contribution in [3.8, 4) is 11.5 Å². The molecule has 8 heteroatoms. The van der Waals surface area contributed by atoms with Crippen molar-refractivity contribution >= 4 is 32.9 Å². The smallest absolute Gasteiger partial charge is 0.269 e. The van der Waals surface area contributed by atoms with Gasteiger partial charge < -0.3 is 14.8 Å². The van der Waals surface area contributed by atoms with Gasteiger partial charge in [0, 0.05) is 24.4 Å². The van der Waals surface area contributed by atoms with Crippen LogP contribution in [-0.4, -0.2) is 35.6 Å². The molecule has 0 spiro atoms. The number of anilines is 2. The summed E-state index contributed by atoms with van der Waals surface area (Å²) in [4.78, 5) is 12.8. The lowest BCUT2D eigenvalue weighted by molar-refractivity contribution is -0.112. The number of carbonyl (C=O) groups excluding carboxylic acids is 1. The number of ether oxygens (including phenoxy) is 2. The first-order valence-corrected chi connectivity index (χ1v) is 10.4. The van der Waals surface area contributed by atoms with Crippen molar-refractivity contribution < 1.29 is 22.7 Å². The number of hydrogen-bond donors (Lipinski definition) is 1. The lowest BCUT2D eigenvalue weighted by atomic mass is 10.0. The molecular weight excluding hydrogens is 392 g/mol. The van der Waals surface area contributed by atoms with Crippen LogP contribution in [0.15, 0.2) is 35.2 Å². The number of sulfonamides is 1. The first kappa shape index (κ1) is 20.7. The summed E-state index contributed by atoms with van der Waals surface area (Å²) in [5.41, 5.74) is 3.67. The molecule has 2 aromatic rings. The summed E-state index contributed by atoms with van der Waals surface area (Å²) < 4.78 is 38.1. The number of nitrogens with one attached hydrogen (secondary N) is 1. The second kappa shape index (κ2) is 7.44. The number of fused-ring (bicyclic) bond motifs is 1. The maximum Gasteiger partial charge on any atom is 0.269 e. The monoisotopic (exact) mass is 416 g/mol. The van der Waals surface area contributed by atoms with Crippen molar-refractivity contribution in [3.05, 3.63) is 51.9 Å². The van der Waals surface area contributed by atoms with Gasteiger partial charge in [-0.05, 0) is 43.5 Å². The van der Waals surface area contributed by atoms with E-state index in [4.69, 9.17) is 9.47 Å². The van der Waals surface area contributed by atoms with Gasteiger partial charge in [-0.15, -0.1) is 0 Å². The van der Waals surface area contributed by atoms with Crippen molar-refractivity contribution in [3.63, 3.8) is 0 Å². The molecule has 0 fully saturated rings. The molecule has 7 nitrogen and oxygen atoms in total. The van der Waals surface area contributed by atoms with E-state index >= 15 is 0 Å². The summed E-state index contributed by atoms with van der Waals surface area (Å²) in [6, 6.07) is 8.87. The van der Waals surface area contributed by atoms with Crippen LogP contribution in [0.5, 0.6) is 11.5 Å². The van der Waals surface area contributed by atoms with Gasteiger partial charge in [-0.2, -0.15) is 0 Å².